The van der Waals surface area contributed by atoms with Crippen LogP contribution in [0.15, 0.2) is 59.8 Å². The molecule has 0 saturated carbocycles. The number of thiazole rings is 1. The van der Waals surface area contributed by atoms with Crippen LogP contribution in [0.2, 0.25) is 0 Å². The summed E-state index contributed by atoms with van der Waals surface area (Å²) >= 11 is 1.55. The van der Waals surface area contributed by atoms with Crippen LogP contribution in [0, 0.1) is 0 Å². The topological polar surface area (TPSA) is 79.3 Å². The van der Waals surface area contributed by atoms with Crippen molar-refractivity contribution in [2.75, 3.05) is 31.1 Å². The Kier molecular flexibility index (Phi) is 4.65. The number of para-hydroxylation sites is 1. The quantitative estimate of drug-likeness (QED) is 0.502. The van der Waals surface area contributed by atoms with Crippen molar-refractivity contribution in [3.63, 3.8) is 0 Å². The van der Waals surface area contributed by atoms with Crippen LogP contribution in [0.3, 0.4) is 0 Å². The van der Waals surface area contributed by atoms with Crippen molar-refractivity contribution in [1.29, 1.82) is 0 Å². The van der Waals surface area contributed by atoms with Crippen molar-refractivity contribution in [1.82, 2.24) is 19.3 Å². The molecular weight excluding hydrogens is 406 g/mol. The Morgan fingerprint density at radius 2 is 1.72 bits per heavy atom. The first-order valence-corrected chi connectivity index (χ1v) is 11.7. The van der Waals surface area contributed by atoms with Crippen LogP contribution in [0.1, 0.15) is 6.42 Å². The Labute approximate surface area is 172 Å². The summed E-state index contributed by atoms with van der Waals surface area (Å²) in [4.78, 5) is 16.7. The van der Waals surface area contributed by atoms with Gasteiger partial charge < -0.3 is 4.90 Å². The van der Waals surface area contributed by atoms with Crippen LogP contribution in [0.5, 0.6) is 0 Å². The zero-order chi connectivity index (χ0) is 19.8. The number of nitrogens with zero attached hydrogens (tertiary/aromatic N) is 5. The number of rotatable bonds is 3. The number of benzene rings is 1. The number of pyridine rings is 2. The van der Waals surface area contributed by atoms with Gasteiger partial charge in [0.1, 0.15) is 15.2 Å². The van der Waals surface area contributed by atoms with E-state index in [1.807, 2.05) is 30.3 Å². The van der Waals surface area contributed by atoms with E-state index < -0.39 is 10.0 Å². The molecule has 0 atom stereocenters. The first kappa shape index (κ1) is 18.4. The highest BCUT2D eigenvalue weighted by molar-refractivity contribution is 7.89. The number of hydrogen-bond acceptors (Lipinski definition) is 7. The molecule has 1 saturated heterocycles. The van der Waals surface area contributed by atoms with E-state index in [-0.39, 0.29) is 4.90 Å². The molecule has 3 aromatic heterocycles. The molecule has 0 amide bonds. The highest BCUT2D eigenvalue weighted by Gasteiger charge is 2.29. The largest absolute Gasteiger partial charge is 0.347 e. The molecule has 1 aromatic carbocycles. The summed E-state index contributed by atoms with van der Waals surface area (Å²) in [5.41, 5.74) is 1.40. The Hall–Kier alpha value is -2.62. The predicted molar refractivity (Wildman–Crippen MR) is 115 cm³/mol. The van der Waals surface area contributed by atoms with E-state index in [9.17, 15) is 8.42 Å². The standard InChI is InChI=1S/C20H19N5O2S2/c26-29(27,17-8-1-5-15-6-2-9-21-18(15)17)25-12-4-11-24(13-14-25)20-23-16-7-3-10-22-19(16)28-20/h1-3,5-10H,4,11-14H2. The van der Waals surface area contributed by atoms with Crippen LogP contribution in [0.25, 0.3) is 21.3 Å². The Morgan fingerprint density at radius 3 is 2.62 bits per heavy atom. The first-order chi connectivity index (χ1) is 14.1. The molecule has 0 spiro atoms. The summed E-state index contributed by atoms with van der Waals surface area (Å²) in [6.07, 6.45) is 4.13. The van der Waals surface area contributed by atoms with Crippen LogP contribution in [0.4, 0.5) is 5.13 Å². The lowest BCUT2D eigenvalue weighted by Gasteiger charge is -2.21. The molecule has 9 heteroatoms. The second-order valence-corrected chi connectivity index (χ2v) is 9.76. The molecular formula is C20H19N5O2S2. The monoisotopic (exact) mass is 425 g/mol. The molecule has 0 unspecified atom stereocenters. The van der Waals surface area contributed by atoms with Gasteiger partial charge in [0.2, 0.25) is 10.0 Å². The minimum atomic E-state index is -3.63. The lowest BCUT2D eigenvalue weighted by Crippen LogP contribution is -2.35. The smallest absolute Gasteiger partial charge is 0.245 e. The zero-order valence-corrected chi connectivity index (χ0v) is 17.2. The molecule has 0 aliphatic carbocycles. The normalized spacial score (nSPS) is 16.3. The van der Waals surface area contributed by atoms with E-state index in [0.29, 0.717) is 25.2 Å². The van der Waals surface area contributed by atoms with E-state index in [1.54, 1.807) is 40.2 Å². The van der Waals surface area contributed by atoms with Gasteiger partial charge in [0.15, 0.2) is 5.13 Å². The van der Waals surface area contributed by atoms with Gasteiger partial charge in [-0.3, -0.25) is 4.98 Å². The maximum atomic E-state index is 13.4. The van der Waals surface area contributed by atoms with Crippen molar-refractivity contribution in [2.45, 2.75) is 11.3 Å². The van der Waals surface area contributed by atoms with Crippen LogP contribution in [-0.2, 0) is 10.0 Å². The highest BCUT2D eigenvalue weighted by Crippen LogP contribution is 2.29. The van der Waals surface area contributed by atoms with Crippen molar-refractivity contribution in [3.05, 3.63) is 54.9 Å². The van der Waals surface area contributed by atoms with E-state index in [2.05, 4.69) is 19.9 Å². The molecule has 0 radical (unpaired) electrons. The summed E-state index contributed by atoms with van der Waals surface area (Å²) < 4.78 is 28.3. The van der Waals surface area contributed by atoms with Crippen molar-refractivity contribution in [2.24, 2.45) is 0 Å². The lowest BCUT2D eigenvalue weighted by molar-refractivity contribution is 0.433. The van der Waals surface area contributed by atoms with E-state index >= 15 is 0 Å². The SMILES string of the molecule is O=S(=O)(c1cccc2cccnc12)N1CCCN(c2nc3cccnc3s2)CC1. The van der Waals surface area contributed by atoms with Gasteiger partial charge >= 0.3 is 0 Å². The maximum Gasteiger partial charge on any atom is 0.245 e. The summed E-state index contributed by atoms with van der Waals surface area (Å²) in [5, 5.41) is 1.72. The lowest BCUT2D eigenvalue weighted by atomic mass is 10.2. The fraction of sp³-hybridized carbons (Fsp3) is 0.250. The van der Waals surface area contributed by atoms with Gasteiger partial charge in [-0.05, 0) is 30.7 Å². The van der Waals surface area contributed by atoms with Gasteiger partial charge in [-0.2, -0.15) is 4.31 Å². The molecule has 0 N–H and O–H groups in total. The van der Waals surface area contributed by atoms with Crippen molar-refractivity contribution >= 4 is 47.7 Å². The fourth-order valence-electron chi connectivity index (χ4n) is 3.64. The second kappa shape index (κ2) is 7.33. The third-order valence-corrected chi connectivity index (χ3v) is 8.06. The highest BCUT2D eigenvalue weighted by atomic mass is 32.2. The molecule has 0 bridgehead atoms. The van der Waals surface area contributed by atoms with Gasteiger partial charge in [0, 0.05) is 44.0 Å². The number of aromatic nitrogens is 3. The summed E-state index contributed by atoms with van der Waals surface area (Å²) in [5.74, 6) is 0. The summed E-state index contributed by atoms with van der Waals surface area (Å²) in [6.45, 7) is 2.25. The third kappa shape index (κ3) is 3.35. The average Bonchev–Trinajstić information content (AvgIpc) is 3.01. The minimum absolute atomic E-state index is 0.272. The number of sulfonamides is 1. The number of hydrogen-bond donors (Lipinski definition) is 0. The number of fused-ring (bicyclic) bond motifs is 2. The van der Waals surface area contributed by atoms with Crippen LogP contribution in [-0.4, -0.2) is 53.9 Å². The molecule has 5 rings (SSSR count). The van der Waals surface area contributed by atoms with Gasteiger partial charge in [0.05, 0.1) is 5.52 Å². The Morgan fingerprint density at radius 1 is 0.897 bits per heavy atom. The summed E-state index contributed by atoms with van der Waals surface area (Å²) in [6, 6.07) is 12.8. The van der Waals surface area contributed by atoms with E-state index in [0.717, 1.165) is 33.8 Å². The molecule has 7 nitrogen and oxygen atoms in total. The second-order valence-electron chi connectivity index (χ2n) is 6.90. The molecule has 148 valence electrons. The molecule has 4 aromatic rings. The maximum absolute atomic E-state index is 13.4. The molecule has 1 fully saturated rings. The summed E-state index contributed by atoms with van der Waals surface area (Å²) in [7, 11) is -3.63. The van der Waals surface area contributed by atoms with Gasteiger partial charge in [0.25, 0.3) is 0 Å². The fourth-order valence-corrected chi connectivity index (χ4v) is 6.24. The van der Waals surface area contributed by atoms with Gasteiger partial charge in [-0.25, -0.2) is 18.4 Å². The average molecular weight is 426 g/mol. The Bertz CT molecular complexity index is 1250. The Balaban J connectivity index is 1.42. The van der Waals surface area contributed by atoms with Gasteiger partial charge in [-0.15, -0.1) is 0 Å². The minimum Gasteiger partial charge on any atom is -0.347 e. The zero-order valence-electron chi connectivity index (χ0n) is 15.6. The van der Waals surface area contributed by atoms with Gasteiger partial charge in [-0.1, -0.05) is 29.5 Å². The van der Waals surface area contributed by atoms with E-state index in [1.165, 1.54) is 0 Å². The van der Waals surface area contributed by atoms with Crippen LogP contribution >= 0.6 is 11.3 Å². The molecule has 4 heterocycles. The van der Waals surface area contributed by atoms with Crippen molar-refractivity contribution in [3.8, 4) is 0 Å². The first-order valence-electron chi connectivity index (χ1n) is 9.43. The third-order valence-electron chi connectivity index (χ3n) is 5.09. The molecule has 29 heavy (non-hydrogen) atoms. The number of anilines is 1. The van der Waals surface area contributed by atoms with E-state index in [4.69, 9.17) is 0 Å². The van der Waals surface area contributed by atoms with Crippen LogP contribution < -0.4 is 4.90 Å². The van der Waals surface area contributed by atoms with Crippen molar-refractivity contribution < 1.29 is 8.42 Å². The predicted octanol–water partition coefficient (Wildman–Crippen LogP) is 3.14. The molecule has 1 aliphatic rings. The molecule has 1 aliphatic heterocycles.